The molecule has 0 heterocycles. The van der Waals surface area contributed by atoms with Crippen molar-refractivity contribution in [3.63, 3.8) is 0 Å². The van der Waals surface area contributed by atoms with Crippen LogP contribution < -0.4 is 5.73 Å². The average molecular weight is 305 g/mol. The highest BCUT2D eigenvalue weighted by atomic mass is 16.4. The van der Waals surface area contributed by atoms with E-state index in [-0.39, 0.29) is 11.1 Å². The molecule has 8 heteroatoms. The quantitative estimate of drug-likeness (QED) is 0.547. The van der Waals surface area contributed by atoms with Crippen LogP contribution in [-0.2, 0) is 19.2 Å². The smallest absolute Gasteiger partial charge is 0.336 e. The summed E-state index contributed by atoms with van der Waals surface area (Å²) in [5.41, 5.74) is 3.83. The lowest BCUT2D eigenvalue weighted by atomic mass is 9.93. The number of benzene rings is 1. The summed E-state index contributed by atoms with van der Waals surface area (Å²) in [4.78, 5) is 44.1. The monoisotopic (exact) mass is 305 g/mol. The van der Waals surface area contributed by atoms with Gasteiger partial charge in [0.1, 0.15) is 0 Å². The van der Waals surface area contributed by atoms with Crippen LogP contribution in [0.5, 0.6) is 0 Å². The fourth-order valence-electron chi connectivity index (χ4n) is 1.74. The van der Waals surface area contributed by atoms with Gasteiger partial charge in [0.25, 0.3) is 0 Å². The minimum Gasteiger partial charge on any atom is -0.478 e. The molecule has 0 aromatic heterocycles. The van der Waals surface area contributed by atoms with Gasteiger partial charge in [0.2, 0.25) is 5.91 Å². The maximum absolute atomic E-state index is 11.4. The van der Waals surface area contributed by atoms with Gasteiger partial charge in [-0.15, -0.1) is 0 Å². The number of hydrogen-bond acceptors (Lipinski definition) is 4. The largest absolute Gasteiger partial charge is 0.478 e. The normalized spacial score (nSPS) is 11.8. The number of rotatable bonds is 6. The lowest BCUT2D eigenvalue weighted by molar-refractivity contribution is -0.133. The lowest BCUT2D eigenvalue weighted by Crippen LogP contribution is -2.16. The van der Waals surface area contributed by atoms with E-state index in [1.165, 1.54) is 24.3 Å². The molecule has 22 heavy (non-hydrogen) atoms. The van der Waals surface area contributed by atoms with Crippen LogP contribution in [0.25, 0.3) is 11.1 Å². The summed E-state index contributed by atoms with van der Waals surface area (Å²) < 4.78 is 0. The molecule has 1 rings (SSSR count). The van der Waals surface area contributed by atoms with Crippen LogP contribution in [0.2, 0.25) is 0 Å². The molecule has 0 radical (unpaired) electrons. The summed E-state index contributed by atoms with van der Waals surface area (Å²) in [6.45, 7) is 0. The molecule has 0 atom stereocenters. The summed E-state index contributed by atoms with van der Waals surface area (Å²) in [5, 5.41) is 26.6. The number of primary amides is 1. The number of nitrogens with two attached hydrogens (primary N) is 1. The molecule has 1 aromatic carbocycles. The highest BCUT2D eigenvalue weighted by Gasteiger charge is 2.20. The number of carboxylic acid groups (broad SMARTS) is 3. The van der Waals surface area contributed by atoms with Crippen LogP contribution in [0.3, 0.4) is 0 Å². The third-order valence-corrected chi connectivity index (χ3v) is 2.54. The standard InChI is InChI=1S/C14H11NO7/c15-13(20)9(5-11(16)17)7-3-1-2-4-8(7)10(14(21)22)6-12(18)19/h1-6H,(H2,15,20)(H,16,17)(H,18,19)(H,21,22)/b9-5-,10-6-. The van der Waals surface area contributed by atoms with Gasteiger partial charge in [-0.3, -0.25) is 4.79 Å². The number of hydrogen-bond donors (Lipinski definition) is 4. The van der Waals surface area contributed by atoms with Crippen molar-refractivity contribution >= 4 is 35.0 Å². The third kappa shape index (κ3) is 4.04. The molecule has 0 saturated carbocycles. The molecule has 0 aliphatic rings. The number of aliphatic carboxylic acids is 3. The molecule has 8 nitrogen and oxygen atoms in total. The molecule has 0 fully saturated rings. The predicted molar refractivity (Wildman–Crippen MR) is 74.5 cm³/mol. The molecule has 0 spiro atoms. The van der Waals surface area contributed by atoms with Gasteiger partial charge in [0.05, 0.1) is 11.1 Å². The highest BCUT2D eigenvalue weighted by molar-refractivity contribution is 6.26. The van der Waals surface area contributed by atoms with E-state index in [4.69, 9.17) is 21.1 Å². The van der Waals surface area contributed by atoms with E-state index in [0.29, 0.717) is 12.2 Å². The zero-order valence-corrected chi connectivity index (χ0v) is 11.0. The first-order valence-corrected chi connectivity index (χ1v) is 5.76. The van der Waals surface area contributed by atoms with Crippen molar-refractivity contribution in [2.24, 2.45) is 5.73 Å². The zero-order valence-electron chi connectivity index (χ0n) is 11.0. The van der Waals surface area contributed by atoms with Crippen LogP contribution >= 0.6 is 0 Å². The molecule has 0 aliphatic carbocycles. The average Bonchev–Trinajstić information content (AvgIpc) is 2.41. The van der Waals surface area contributed by atoms with Crippen molar-refractivity contribution in [1.29, 1.82) is 0 Å². The van der Waals surface area contributed by atoms with E-state index in [9.17, 15) is 19.2 Å². The van der Waals surface area contributed by atoms with Crippen molar-refractivity contribution in [3.8, 4) is 0 Å². The molecule has 1 aromatic rings. The molecular formula is C14H11NO7. The highest BCUT2D eigenvalue weighted by Crippen LogP contribution is 2.26. The number of carbonyl (C=O) groups is 4. The van der Waals surface area contributed by atoms with Crippen molar-refractivity contribution in [3.05, 3.63) is 47.5 Å². The summed E-state index contributed by atoms with van der Waals surface area (Å²) in [6.07, 6.45) is 0.974. The fraction of sp³-hybridized carbons (Fsp3) is 0. The van der Waals surface area contributed by atoms with E-state index < -0.39 is 35.0 Å². The Kier molecular flexibility index (Phi) is 5.17. The van der Waals surface area contributed by atoms with Crippen LogP contribution in [0.4, 0.5) is 0 Å². The van der Waals surface area contributed by atoms with Crippen molar-refractivity contribution in [1.82, 2.24) is 0 Å². The van der Waals surface area contributed by atoms with Crippen molar-refractivity contribution < 1.29 is 34.5 Å². The Labute approximate surface area is 123 Å². The van der Waals surface area contributed by atoms with E-state index >= 15 is 0 Å². The maximum Gasteiger partial charge on any atom is 0.336 e. The molecule has 5 N–H and O–H groups in total. The Balaban J connectivity index is 3.66. The fourth-order valence-corrected chi connectivity index (χ4v) is 1.74. The van der Waals surface area contributed by atoms with Crippen molar-refractivity contribution in [2.45, 2.75) is 0 Å². The van der Waals surface area contributed by atoms with E-state index in [1.54, 1.807) is 0 Å². The summed E-state index contributed by atoms with van der Waals surface area (Å²) in [6, 6.07) is 5.36. The zero-order chi connectivity index (χ0) is 16.9. The van der Waals surface area contributed by atoms with Gasteiger partial charge in [-0.25, -0.2) is 14.4 Å². The number of carboxylic acids is 3. The molecule has 0 saturated heterocycles. The van der Waals surface area contributed by atoms with Crippen LogP contribution in [-0.4, -0.2) is 39.1 Å². The first-order valence-electron chi connectivity index (χ1n) is 5.76. The predicted octanol–water partition coefficient (Wildman–Crippen LogP) is 0.192. The Morgan fingerprint density at radius 2 is 1.23 bits per heavy atom. The van der Waals surface area contributed by atoms with E-state index in [1.807, 2.05) is 0 Å². The molecule has 0 unspecified atom stereocenters. The number of carbonyl (C=O) groups excluding carboxylic acids is 1. The second kappa shape index (κ2) is 6.84. The topological polar surface area (TPSA) is 155 Å². The Morgan fingerprint density at radius 1 is 0.818 bits per heavy atom. The van der Waals surface area contributed by atoms with Gasteiger partial charge < -0.3 is 21.1 Å². The first-order chi connectivity index (χ1) is 10.2. The lowest BCUT2D eigenvalue weighted by Gasteiger charge is -2.10. The van der Waals surface area contributed by atoms with Gasteiger partial charge in [-0.1, -0.05) is 24.3 Å². The second-order valence-electron chi connectivity index (χ2n) is 4.01. The molecule has 1 amide bonds. The van der Waals surface area contributed by atoms with Crippen LogP contribution in [0, 0.1) is 0 Å². The number of amides is 1. The summed E-state index contributed by atoms with van der Waals surface area (Å²) in [5.74, 6) is -5.60. The Hall–Kier alpha value is -3.42. The minimum atomic E-state index is -1.55. The van der Waals surface area contributed by atoms with Crippen molar-refractivity contribution in [2.75, 3.05) is 0 Å². The second-order valence-corrected chi connectivity index (χ2v) is 4.01. The van der Waals surface area contributed by atoms with Crippen LogP contribution in [0.15, 0.2) is 36.4 Å². The Bertz CT molecular complexity index is 655. The van der Waals surface area contributed by atoms with Gasteiger partial charge in [0.15, 0.2) is 0 Å². The van der Waals surface area contributed by atoms with Gasteiger partial charge in [0, 0.05) is 12.2 Å². The maximum atomic E-state index is 11.4. The molecular weight excluding hydrogens is 294 g/mol. The molecule has 0 bridgehead atoms. The summed E-state index contributed by atoms with van der Waals surface area (Å²) >= 11 is 0. The third-order valence-electron chi connectivity index (χ3n) is 2.54. The van der Waals surface area contributed by atoms with E-state index in [0.717, 1.165) is 0 Å². The van der Waals surface area contributed by atoms with Crippen LogP contribution in [0.1, 0.15) is 11.1 Å². The Morgan fingerprint density at radius 3 is 1.59 bits per heavy atom. The molecule has 0 aliphatic heterocycles. The van der Waals surface area contributed by atoms with Gasteiger partial charge in [-0.2, -0.15) is 0 Å². The molecule has 114 valence electrons. The SMILES string of the molecule is NC(=O)/C(=C\C(=O)O)c1ccccc1/C(=C/C(=O)O)C(=O)O. The van der Waals surface area contributed by atoms with Gasteiger partial charge in [-0.05, 0) is 11.1 Å². The minimum absolute atomic E-state index is 0.0905. The first kappa shape index (κ1) is 16.6. The summed E-state index contributed by atoms with van der Waals surface area (Å²) in [7, 11) is 0. The van der Waals surface area contributed by atoms with E-state index in [2.05, 4.69) is 0 Å². The van der Waals surface area contributed by atoms with Gasteiger partial charge >= 0.3 is 17.9 Å².